The van der Waals surface area contributed by atoms with Crippen LogP contribution in [0.15, 0.2) is 12.7 Å². The molecule has 6 heteroatoms. The van der Waals surface area contributed by atoms with Gasteiger partial charge in [0.15, 0.2) is 0 Å². The van der Waals surface area contributed by atoms with Gasteiger partial charge in [-0.15, -0.1) is 6.58 Å². The summed E-state index contributed by atoms with van der Waals surface area (Å²) in [5, 5.41) is 8.65. The normalized spacial score (nSPS) is 14.3. The molecular formula is C28H59NO4P+. The van der Waals surface area contributed by atoms with E-state index in [1.165, 1.54) is 109 Å². The quantitative estimate of drug-likeness (QED) is 0.0510. The second-order valence-electron chi connectivity index (χ2n) is 11.5. The largest absolute Gasteiger partial charge is 0.373 e. The molecule has 0 rings (SSSR count). The highest BCUT2D eigenvalue weighted by Crippen LogP contribution is 2.52. The van der Waals surface area contributed by atoms with Crippen LogP contribution in [0.5, 0.6) is 0 Å². The molecule has 0 aromatic heterocycles. The molecule has 0 heterocycles. The van der Waals surface area contributed by atoms with Gasteiger partial charge in [0.05, 0.1) is 21.1 Å². The smallest absolute Gasteiger partial charge is 0.362 e. The van der Waals surface area contributed by atoms with Crippen molar-refractivity contribution in [2.45, 2.75) is 140 Å². The minimum absolute atomic E-state index is 0.0635. The summed E-state index contributed by atoms with van der Waals surface area (Å²) in [5.74, 6) is 0. The second-order valence-corrected chi connectivity index (χ2v) is 13.4. The lowest BCUT2D eigenvalue weighted by Gasteiger charge is -2.35. The molecule has 0 amide bonds. The molecule has 5 nitrogen and oxygen atoms in total. The lowest BCUT2D eigenvalue weighted by atomic mass is 10.0. The van der Waals surface area contributed by atoms with E-state index >= 15 is 0 Å². The van der Waals surface area contributed by atoms with Crippen LogP contribution in [-0.4, -0.2) is 52.4 Å². The molecule has 204 valence electrons. The van der Waals surface area contributed by atoms with Crippen LogP contribution in [0, 0.1) is 0 Å². The number of hydrogen-bond acceptors (Lipinski definition) is 2. The number of hydrogen-bond donors (Lipinski definition) is 3. The summed E-state index contributed by atoms with van der Waals surface area (Å²) in [6.45, 7) is 3.84. The Kier molecular flexibility index (Phi) is 19.8. The molecule has 0 aliphatic heterocycles. The van der Waals surface area contributed by atoms with Gasteiger partial charge in [0.1, 0.15) is 6.54 Å². The van der Waals surface area contributed by atoms with Gasteiger partial charge >= 0.3 is 7.60 Å². The number of nitrogens with zero attached hydrogens (tertiary/aromatic N) is 1. The van der Waals surface area contributed by atoms with E-state index in [1.807, 2.05) is 27.2 Å². The maximum atomic E-state index is 11.8. The predicted molar refractivity (Wildman–Crippen MR) is 147 cm³/mol. The molecule has 1 unspecified atom stereocenters. The Labute approximate surface area is 212 Å². The van der Waals surface area contributed by atoms with Crippen molar-refractivity contribution in [1.82, 2.24) is 0 Å². The van der Waals surface area contributed by atoms with E-state index in [-0.39, 0.29) is 13.0 Å². The first-order chi connectivity index (χ1) is 16.0. The van der Waals surface area contributed by atoms with Gasteiger partial charge in [-0.1, -0.05) is 115 Å². The second kappa shape index (κ2) is 19.9. The van der Waals surface area contributed by atoms with Gasteiger partial charge in [-0.05, 0) is 25.7 Å². The Hall–Kier alpha value is -0.190. The van der Waals surface area contributed by atoms with E-state index in [4.69, 9.17) is 0 Å². The molecule has 0 aromatic rings. The van der Waals surface area contributed by atoms with Crippen LogP contribution < -0.4 is 0 Å². The first kappa shape index (κ1) is 33.8. The number of rotatable bonds is 25. The summed E-state index contributed by atoms with van der Waals surface area (Å²) in [6.07, 6.45) is 27.7. The average Bonchev–Trinajstić information content (AvgIpc) is 2.73. The van der Waals surface area contributed by atoms with Crippen LogP contribution >= 0.6 is 7.60 Å². The summed E-state index contributed by atoms with van der Waals surface area (Å²) in [5.41, 5.74) is 0. The molecule has 0 aliphatic carbocycles. The van der Waals surface area contributed by atoms with Crippen LogP contribution in [0.4, 0.5) is 0 Å². The first-order valence-electron chi connectivity index (χ1n) is 14.2. The monoisotopic (exact) mass is 504 g/mol. The molecule has 0 aromatic carbocycles. The van der Waals surface area contributed by atoms with Crippen LogP contribution in [0.3, 0.4) is 0 Å². The topological polar surface area (TPSA) is 77.8 Å². The zero-order chi connectivity index (χ0) is 25.8. The average molecular weight is 505 g/mol. The molecule has 0 fully saturated rings. The van der Waals surface area contributed by atoms with Crippen LogP contribution in [0.1, 0.15) is 135 Å². The highest BCUT2D eigenvalue weighted by atomic mass is 31.2. The molecule has 0 saturated carbocycles. The number of quaternary nitrogens is 1. The minimum Gasteiger partial charge on any atom is -0.373 e. The van der Waals surface area contributed by atoms with Crippen molar-refractivity contribution in [3.63, 3.8) is 0 Å². The van der Waals surface area contributed by atoms with Gasteiger partial charge in [-0.3, -0.25) is 4.57 Å². The molecule has 3 N–H and O–H groups in total. The zero-order valence-electron chi connectivity index (χ0n) is 23.0. The Morgan fingerprint density at radius 2 is 0.941 bits per heavy atom. The van der Waals surface area contributed by atoms with Gasteiger partial charge < -0.3 is 19.4 Å². The van der Waals surface area contributed by atoms with Gasteiger partial charge in [0.2, 0.25) is 5.34 Å². The maximum Gasteiger partial charge on any atom is 0.362 e. The lowest BCUT2D eigenvalue weighted by molar-refractivity contribution is -0.875. The number of likely N-dealkylation sites (N-methyl/N-ethyl adjacent to an activating group) is 1. The lowest BCUT2D eigenvalue weighted by Crippen LogP contribution is -2.49. The molecule has 0 aliphatic rings. The summed E-state index contributed by atoms with van der Waals surface area (Å²) in [4.78, 5) is 19.2. The molecule has 0 saturated heterocycles. The minimum atomic E-state index is -4.54. The van der Waals surface area contributed by atoms with E-state index in [1.54, 1.807) is 0 Å². The fraction of sp³-hybridized carbons (Fsp3) is 0.929. The van der Waals surface area contributed by atoms with Crippen molar-refractivity contribution in [3.05, 3.63) is 12.7 Å². The standard InChI is InChI=1S/C28H58NO4P/c1-5-6-7-8-9-10-11-12-13-14-15-16-17-18-19-20-21-22-23-24-25-26-28(30,34(31,32)33)27-29(2,3)4/h5,30H,1,6-27H2,2-4H3,(H-,31,32,33)/p+1. The first-order valence-corrected chi connectivity index (χ1v) is 15.8. The summed E-state index contributed by atoms with van der Waals surface area (Å²) in [6, 6.07) is 0. The van der Waals surface area contributed by atoms with E-state index in [0.29, 0.717) is 10.9 Å². The molecule has 0 radical (unpaired) electrons. The van der Waals surface area contributed by atoms with Crippen LogP contribution in [0.25, 0.3) is 0 Å². The van der Waals surface area contributed by atoms with Crippen LogP contribution in [-0.2, 0) is 4.57 Å². The summed E-state index contributed by atoms with van der Waals surface area (Å²) < 4.78 is 12.1. The Morgan fingerprint density at radius 1 is 0.647 bits per heavy atom. The SMILES string of the molecule is C=CCCCCCCCCCCCCCCCCCCCCCC(O)(C[N+](C)(C)C)P(=O)(O)O. The third kappa shape index (κ3) is 20.0. The van der Waals surface area contributed by atoms with Gasteiger partial charge in [-0.25, -0.2) is 0 Å². The molecular weight excluding hydrogens is 445 g/mol. The Bertz CT molecular complexity index is 529. The Morgan fingerprint density at radius 3 is 1.21 bits per heavy atom. The summed E-state index contributed by atoms with van der Waals surface area (Å²) >= 11 is 0. The van der Waals surface area contributed by atoms with Crippen molar-refractivity contribution in [1.29, 1.82) is 0 Å². The molecule has 34 heavy (non-hydrogen) atoms. The molecule has 0 bridgehead atoms. The third-order valence-electron chi connectivity index (χ3n) is 6.76. The maximum absolute atomic E-state index is 11.8. The van der Waals surface area contributed by atoms with E-state index in [2.05, 4.69) is 6.58 Å². The van der Waals surface area contributed by atoms with Crippen molar-refractivity contribution in [2.24, 2.45) is 0 Å². The third-order valence-corrected chi connectivity index (χ3v) is 8.20. The molecule has 0 spiro atoms. The summed E-state index contributed by atoms with van der Waals surface area (Å²) in [7, 11) is 0.989. The fourth-order valence-electron chi connectivity index (χ4n) is 4.78. The van der Waals surface area contributed by atoms with Crippen molar-refractivity contribution < 1.29 is 23.9 Å². The highest BCUT2D eigenvalue weighted by molar-refractivity contribution is 7.53. The number of unbranched alkanes of at least 4 members (excludes halogenated alkanes) is 19. The zero-order valence-corrected chi connectivity index (χ0v) is 23.9. The van der Waals surface area contributed by atoms with E-state index in [9.17, 15) is 19.5 Å². The van der Waals surface area contributed by atoms with Gasteiger partial charge in [-0.2, -0.15) is 0 Å². The predicted octanol–water partition coefficient (Wildman–Crippen LogP) is 7.94. The van der Waals surface area contributed by atoms with Crippen molar-refractivity contribution in [2.75, 3.05) is 27.7 Å². The number of allylic oxidation sites excluding steroid dienone is 1. The van der Waals surface area contributed by atoms with Crippen molar-refractivity contribution >= 4 is 7.60 Å². The van der Waals surface area contributed by atoms with E-state index in [0.717, 1.165) is 12.8 Å². The number of aliphatic hydroxyl groups is 1. The van der Waals surface area contributed by atoms with Crippen molar-refractivity contribution in [3.8, 4) is 0 Å². The highest BCUT2D eigenvalue weighted by Gasteiger charge is 2.48. The Balaban J connectivity index is 3.47. The van der Waals surface area contributed by atoms with Gasteiger partial charge in [0, 0.05) is 0 Å². The van der Waals surface area contributed by atoms with E-state index < -0.39 is 12.9 Å². The molecule has 1 atom stereocenters. The fourth-order valence-corrected chi connectivity index (χ4v) is 5.84. The van der Waals surface area contributed by atoms with Gasteiger partial charge in [0.25, 0.3) is 0 Å². The van der Waals surface area contributed by atoms with Crippen LogP contribution in [0.2, 0.25) is 0 Å².